The molecule has 0 saturated carbocycles. The summed E-state index contributed by atoms with van der Waals surface area (Å²) in [4.78, 5) is 35.2. The van der Waals surface area contributed by atoms with Crippen LogP contribution in [0.2, 0.25) is 0 Å². The molecule has 1 fully saturated rings. The molecule has 1 aromatic heterocycles. The number of nitrogens with zero attached hydrogens (tertiary/aromatic N) is 2. The van der Waals surface area contributed by atoms with Gasteiger partial charge in [0.1, 0.15) is 10.5 Å². The van der Waals surface area contributed by atoms with Gasteiger partial charge in [-0.25, -0.2) is 4.79 Å². The van der Waals surface area contributed by atoms with Crippen LogP contribution in [0.4, 0.5) is 5.88 Å². The quantitative estimate of drug-likeness (QED) is 0.657. The minimum absolute atomic E-state index is 0.203. The lowest BCUT2D eigenvalue weighted by molar-refractivity contribution is -0.402. The van der Waals surface area contributed by atoms with Gasteiger partial charge in [-0.1, -0.05) is 13.3 Å². The standard InChI is InChI=1S/C13H16N2O6/c1-2-6-13(12(17)18)7-3-8-14(13)11(16)9-4-5-10(21-9)15(19)20/h4-5H,2-3,6-8H2,1H3,(H,17,18). The highest BCUT2D eigenvalue weighted by molar-refractivity contribution is 5.96. The number of hydrogen-bond donors (Lipinski definition) is 1. The van der Waals surface area contributed by atoms with Crippen LogP contribution in [0.25, 0.3) is 0 Å². The van der Waals surface area contributed by atoms with Crippen LogP contribution in [0.3, 0.4) is 0 Å². The summed E-state index contributed by atoms with van der Waals surface area (Å²) in [6.45, 7) is 2.16. The van der Waals surface area contributed by atoms with E-state index in [0.717, 1.165) is 6.07 Å². The molecule has 1 unspecified atom stereocenters. The van der Waals surface area contributed by atoms with E-state index in [4.69, 9.17) is 4.42 Å². The lowest BCUT2D eigenvalue weighted by Gasteiger charge is -2.34. The van der Waals surface area contributed by atoms with E-state index in [1.54, 1.807) is 0 Å². The smallest absolute Gasteiger partial charge is 0.433 e. The van der Waals surface area contributed by atoms with Crippen molar-refractivity contribution in [3.05, 3.63) is 28.0 Å². The summed E-state index contributed by atoms with van der Waals surface area (Å²) in [5.74, 6) is -2.40. The predicted octanol–water partition coefficient (Wildman–Crippen LogP) is 2.05. The topological polar surface area (TPSA) is 114 Å². The average molecular weight is 296 g/mol. The highest BCUT2D eigenvalue weighted by Crippen LogP contribution is 2.35. The second kappa shape index (κ2) is 5.55. The highest BCUT2D eigenvalue weighted by atomic mass is 16.6. The van der Waals surface area contributed by atoms with Gasteiger partial charge in [0, 0.05) is 6.54 Å². The van der Waals surface area contributed by atoms with Crippen molar-refractivity contribution < 1.29 is 24.0 Å². The van der Waals surface area contributed by atoms with Crippen molar-refractivity contribution in [2.45, 2.75) is 38.1 Å². The number of hydrogen-bond acceptors (Lipinski definition) is 5. The van der Waals surface area contributed by atoms with Crippen molar-refractivity contribution >= 4 is 17.8 Å². The van der Waals surface area contributed by atoms with Crippen LogP contribution in [-0.4, -0.2) is 38.9 Å². The average Bonchev–Trinajstić information content (AvgIpc) is 3.05. The van der Waals surface area contributed by atoms with Gasteiger partial charge in [0.25, 0.3) is 5.91 Å². The Balaban J connectivity index is 2.31. The number of carboxylic acids is 1. The SMILES string of the molecule is CCCC1(C(=O)O)CCCN1C(=O)c1ccc([N+](=O)[O-])o1. The Morgan fingerprint density at radius 1 is 1.52 bits per heavy atom. The summed E-state index contributed by atoms with van der Waals surface area (Å²) < 4.78 is 4.89. The van der Waals surface area contributed by atoms with Crippen LogP contribution in [-0.2, 0) is 4.79 Å². The Labute approximate surface area is 120 Å². The summed E-state index contributed by atoms with van der Waals surface area (Å²) in [6, 6.07) is 2.29. The van der Waals surface area contributed by atoms with Crippen LogP contribution < -0.4 is 0 Å². The zero-order valence-corrected chi connectivity index (χ0v) is 11.6. The van der Waals surface area contributed by atoms with Gasteiger partial charge in [0.15, 0.2) is 5.76 Å². The van der Waals surface area contributed by atoms with Crippen molar-refractivity contribution in [2.75, 3.05) is 6.54 Å². The van der Waals surface area contributed by atoms with Crippen LogP contribution in [0.5, 0.6) is 0 Å². The summed E-state index contributed by atoms with van der Waals surface area (Å²) in [5.41, 5.74) is -1.24. The number of carbonyl (C=O) groups excluding carboxylic acids is 1. The first-order valence-corrected chi connectivity index (χ1v) is 6.72. The molecule has 1 amide bonds. The summed E-state index contributed by atoms with van der Waals surface area (Å²) in [6.07, 6.45) is 1.93. The lowest BCUT2D eigenvalue weighted by Crippen LogP contribution is -2.53. The lowest BCUT2D eigenvalue weighted by atomic mass is 9.90. The van der Waals surface area contributed by atoms with E-state index in [2.05, 4.69) is 0 Å². The number of carboxylic acid groups (broad SMARTS) is 1. The molecule has 2 rings (SSSR count). The normalized spacial score (nSPS) is 21.5. The largest absolute Gasteiger partial charge is 0.479 e. The number of carbonyl (C=O) groups is 2. The van der Waals surface area contributed by atoms with Crippen LogP contribution in [0, 0.1) is 10.1 Å². The van der Waals surface area contributed by atoms with Gasteiger partial charge in [0.2, 0.25) is 0 Å². The van der Waals surface area contributed by atoms with Crippen molar-refractivity contribution in [1.82, 2.24) is 4.90 Å². The van der Waals surface area contributed by atoms with Crippen LogP contribution in [0.1, 0.15) is 43.2 Å². The van der Waals surface area contributed by atoms with Crippen LogP contribution >= 0.6 is 0 Å². The molecule has 1 N–H and O–H groups in total. The summed E-state index contributed by atoms with van der Waals surface area (Å²) in [5, 5.41) is 20.1. The molecule has 0 aromatic carbocycles. The Kier molecular flexibility index (Phi) is 3.97. The molecule has 1 aromatic rings. The molecule has 1 saturated heterocycles. The van der Waals surface area contributed by atoms with E-state index >= 15 is 0 Å². The monoisotopic (exact) mass is 296 g/mol. The second-order valence-electron chi connectivity index (χ2n) is 5.04. The molecule has 0 spiro atoms. The molecule has 1 aliphatic heterocycles. The number of aliphatic carboxylic acids is 1. The van der Waals surface area contributed by atoms with Crippen molar-refractivity contribution in [1.29, 1.82) is 0 Å². The predicted molar refractivity (Wildman–Crippen MR) is 70.9 cm³/mol. The Morgan fingerprint density at radius 3 is 2.76 bits per heavy atom. The molecule has 114 valence electrons. The van der Waals surface area contributed by atoms with Crippen molar-refractivity contribution in [2.24, 2.45) is 0 Å². The number of amides is 1. The molecular weight excluding hydrogens is 280 g/mol. The zero-order valence-electron chi connectivity index (χ0n) is 11.6. The molecule has 21 heavy (non-hydrogen) atoms. The van der Waals surface area contributed by atoms with E-state index in [-0.39, 0.29) is 5.76 Å². The number of rotatable bonds is 5. The van der Waals surface area contributed by atoms with E-state index in [0.29, 0.717) is 32.2 Å². The van der Waals surface area contributed by atoms with Crippen LogP contribution in [0.15, 0.2) is 16.5 Å². The van der Waals surface area contributed by atoms with E-state index in [1.807, 2.05) is 6.92 Å². The third-order valence-electron chi connectivity index (χ3n) is 3.78. The maximum atomic E-state index is 12.4. The highest BCUT2D eigenvalue weighted by Gasteiger charge is 2.50. The van der Waals surface area contributed by atoms with Gasteiger partial charge < -0.3 is 14.4 Å². The van der Waals surface area contributed by atoms with Gasteiger partial charge in [-0.2, -0.15) is 0 Å². The first-order valence-electron chi connectivity index (χ1n) is 6.72. The van der Waals surface area contributed by atoms with Gasteiger partial charge in [0.05, 0.1) is 6.07 Å². The summed E-state index contributed by atoms with van der Waals surface area (Å²) in [7, 11) is 0. The molecular formula is C13H16N2O6. The third kappa shape index (κ3) is 2.48. The third-order valence-corrected chi connectivity index (χ3v) is 3.78. The fourth-order valence-corrected chi connectivity index (χ4v) is 2.85. The second-order valence-corrected chi connectivity index (χ2v) is 5.04. The van der Waals surface area contributed by atoms with Gasteiger partial charge in [-0.05, 0) is 25.3 Å². The number of likely N-dealkylation sites (tertiary alicyclic amines) is 1. The van der Waals surface area contributed by atoms with Gasteiger partial charge in [-0.3, -0.25) is 14.9 Å². The Bertz CT molecular complexity index is 581. The van der Waals surface area contributed by atoms with Gasteiger partial charge in [-0.15, -0.1) is 0 Å². The van der Waals surface area contributed by atoms with E-state index < -0.39 is 28.2 Å². The molecule has 1 atom stereocenters. The number of furan rings is 1. The van der Waals surface area contributed by atoms with Gasteiger partial charge >= 0.3 is 11.9 Å². The fraction of sp³-hybridized carbons (Fsp3) is 0.538. The molecule has 0 aliphatic carbocycles. The molecule has 8 heteroatoms. The molecule has 0 bridgehead atoms. The fourth-order valence-electron chi connectivity index (χ4n) is 2.85. The molecule has 0 radical (unpaired) electrons. The maximum absolute atomic E-state index is 12.4. The van der Waals surface area contributed by atoms with E-state index in [9.17, 15) is 24.8 Å². The minimum atomic E-state index is -1.24. The Morgan fingerprint density at radius 2 is 2.24 bits per heavy atom. The maximum Gasteiger partial charge on any atom is 0.433 e. The minimum Gasteiger partial charge on any atom is -0.479 e. The first kappa shape index (κ1) is 15.0. The first-order chi connectivity index (χ1) is 9.92. The number of nitro groups is 1. The molecule has 1 aliphatic rings. The molecule has 2 heterocycles. The Hall–Kier alpha value is -2.38. The van der Waals surface area contributed by atoms with E-state index in [1.165, 1.54) is 11.0 Å². The van der Waals surface area contributed by atoms with Crippen molar-refractivity contribution in [3.63, 3.8) is 0 Å². The summed E-state index contributed by atoms with van der Waals surface area (Å²) >= 11 is 0. The zero-order chi connectivity index (χ0) is 15.6. The van der Waals surface area contributed by atoms with Crippen molar-refractivity contribution in [3.8, 4) is 0 Å². The molecule has 8 nitrogen and oxygen atoms in total.